The molecule has 4 nitrogen and oxygen atoms in total. The fraction of sp³-hybridized carbons (Fsp3) is 0.350. The van der Waals surface area contributed by atoms with Crippen LogP contribution in [0.25, 0.3) is 15.8 Å². The van der Waals surface area contributed by atoms with Crippen LogP contribution < -0.4 is 10.5 Å². The zero-order valence-electron chi connectivity index (χ0n) is 14.7. The molecule has 0 saturated carbocycles. The predicted octanol–water partition coefficient (Wildman–Crippen LogP) is 5.00. The van der Waals surface area contributed by atoms with Gasteiger partial charge in [0.2, 0.25) is 0 Å². The van der Waals surface area contributed by atoms with Crippen molar-refractivity contribution in [1.29, 1.82) is 0 Å². The van der Waals surface area contributed by atoms with Gasteiger partial charge in [0.1, 0.15) is 11.9 Å². The number of fused-ring (bicyclic) bond motifs is 1. The first-order valence-corrected chi connectivity index (χ1v) is 9.43. The number of nitrogens with two attached hydrogens (primary N) is 1. The van der Waals surface area contributed by atoms with Crippen LogP contribution in [-0.2, 0) is 4.74 Å². The van der Waals surface area contributed by atoms with E-state index in [1.807, 2.05) is 31.2 Å². The van der Waals surface area contributed by atoms with Crippen molar-refractivity contribution in [1.82, 2.24) is 4.98 Å². The normalized spacial score (nSPS) is 19.5. The molecule has 0 radical (unpaired) electrons. The zero-order chi connectivity index (χ0) is 17.6. The Morgan fingerprint density at radius 2 is 2.16 bits per heavy atom. The highest BCUT2D eigenvalue weighted by molar-refractivity contribution is 8.10. The van der Waals surface area contributed by atoms with Gasteiger partial charge in [-0.25, -0.2) is 4.98 Å². The van der Waals surface area contributed by atoms with Crippen LogP contribution in [0.4, 0.5) is 5.69 Å². The van der Waals surface area contributed by atoms with E-state index in [-0.39, 0.29) is 6.10 Å². The second-order valence-electron chi connectivity index (χ2n) is 6.15. The van der Waals surface area contributed by atoms with Crippen LogP contribution in [0.15, 0.2) is 41.8 Å². The minimum Gasteiger partial charge on any atom is -0.488 e. The second kappa shape index (κ2) is 8.41. The highest BCUT2D eigenvalue weighted by Crippen LogP contribution is 2.35. The van der Waals surface area contributed by atoms with Gasteiger partial charge in [0.15, 0.2) is 0 Å². The van der Waals surface area contributed by atoms with Crippen molar-refractivity contribution >= 4 is 33.3 Å². The fourth-order valence-corrected chi connectivity index (χ4v) is 3.61. The lowest BCUT2D eigenvalue weighted by Crippen LogP contribution is -2.18. The molecule has 0 aliphatic carbocycles. The first-order valence-electron chi connectivity index (χ1n) is 8.55. The van der Waals surface area contributed by atoms with Crippen molar-refractivity contribution in [3.63, 3.8) is 0 Å². The lowest BCUT2D eigenvalue weighted by molar-refractivity contribution is 0.0930. The Labute approximate surface area is 153 Å². The van der Waals surface area contributed by atoms with Crippen LogP contribution >= 0.6 is 11.8 Å². The summed E-state index contributed by atoms with van der Waals surface area (Å²) in [5.41, 5.74) is 8.50. The van der Waals surface area contributed by atoms with E-state index >= 15 is 0 Å². The molecule has 2 aromatic rings. The first-order chi connectivity index (χ1) is 12.2. The lowest BCUT2D eigenvalue weighted by atomic mass is 10.1. The molecular formula is C20H24N2O2S. The third-order valence-corrected chi connectivity index (χ3v) is 4.93. The Balaban J connectivity index is 2.04. The molecule has 2 heterocycles. The van der Waals surface area contributed by atoms with E-state index < -0.39 is 0 Å². The molecule has 1 atom stereocenters. The molecule has 0 unspecified atom stereocenters. The topological polar surface area (TPSA) is 57.4 Å². The van der Waals surface area contributed by atoms with Crippen LogP contribution in [0.1, 0.15) is 31.9 Å². The maximum Gasteiger partial charge on any atom is 0.131 e. The number of hydrogen-bond donors (Lipinski definition) is 1. The summed E-state index contributed by atoms with van der Waals surface area (Å²) in [6.07, 6.45) is 7.79. The minimum atomic E-state index is -0.0521. The number of nitrogens with zero attached hydrogens (tertiary/aromatic N) is 1. The van der Waals surface area contributed by atoms with Crippen molar-refractivity contribution in [3.05, 3.63) is 47.5 Å². The predicted molar refractivity (Wildman–Crippen MR) is 107 cm³/mol. The van der Waals surface area contributed by atoms with Gasteiger partial charge in [-0.05, 0) is 49.8 Å². The van der Waals surface area contributed by atoms with Crippen molar-refractivity contribution in [3.8, 4) is 5.75 Å². The van der Waals surface area contributed by atoms with Gasteiger partial charge < -0.3 is 15.2 Å². The monoisotopic (exact) mass is 356 g/mol. The number of ether oxygens (including phenoxy) is 2. The molecule has 25 heavy (non-hydrogen) atoms. The molecule has 0 bridgehead atoms. The molecule has 2 N–H and O–H groups in total. The Bertz CT molecular complexity index is 802. The van der Waals surface area contributed by atoms with Crippen molar-refractivity contribution < 1.29 is 9.47 Å². The molecule has 0 amide bonds. The van der Waals surface area contributed by atoms with Crippen molar-refractivity contribution in [2.45, 2.75) is 32.3 Å². The minimum absolute atomic E-state index is 0.0521. The third kappa shape index (κ3) is 4.55. The maximum absolute atomic E-state index is 6.14. The van der Waals surface area contributed by atoms with Crippen LogP contribution in [0, 0.1) is 0 Å². The lowest BCUT2D eigenvalue weighted by Gasteiger charge is -2.17. The maximum atomic E-state index is 6.14. The zero-order valence-corrected chi connectivity index (χ0v) is 15.5. The van der Waals surface area contributed by atoms with E-state index in [4.69, 9.17) is 20.2 Å². The van der Waals surface area contributed by atoms with Gasteiger partial charge in [-0.15, -0.1) is 0 Å². The second-order valence-corrected chi connectivity index (χ2v) is 7.10. The van der Waals surface area contributed by atoms with E-state index in [9.17, 15) is 0 Å². The average Bonchev–Trinajstić information content (AvgIpc) is 2.55. The SMILES string of the molecule is COC[C@H](C)Oc1cc(/C2=C/CCC/C=C/S2)nc2ccc(N)cc12. The molecule has 1 aromatic heterocycles. The molecular weight excluding hydrogens is 332 g/mol. The molecule has 1 aliphatic heterocycles. The number of hydrogen-bond acceptors (Lipinski definition) is 5. The summed E-state index contributed by atoms with van der Waals surface area (Å²) in [4.78, 5) is 6.00. The van der Waals surface area contributed by atoms with E-state index in [0.29, 0.717) is 12.3 Å². The number of rotatable bonds is 5. The number of methoxy groups -OCH3 is 1. The highest BCUT2D eigenvalue weighted by Gasteiger charge is 2.14. The van der Waals surface area contributed by atoms with E-state index in [1.165, 1.54) is 11.3 Å². The standard InChI is InChI=1S/C20H24N2O2S/c1-14(13-23-2)24-19-12-18(20-7-5-3-4-6-10-25-20)22-17-9-8-15(21)11-16(17)19/h6-12,14H,3-5,13,21H2,1-2H3/b10-6+,20-7-/t14-/m0/s1. The van der Waals surface area contributed by atoms with Crippen LogP contribution in [0.5, 0.6) is 5.75 Å². The molecule has 132 valence electrons. The summed E-state index contributed by atoms with van der Waals surface area (Å²) in [5, 5.41) is 3.08. The molecule has 1 aromatic carbocycles. The highest BCUT2D eigenvalue weighted by atomic mass is 32.2. The van der Waals surface area contributed by atoms with Gasteiger partial charge >= 0.3 is 0 Å². The van der Waals surface area contributed by atoms with Gasteiger partial charge in [-0.1, -0.05) is 23.9 Å². The van der Waals surface area contributed by atoms with Gasteiger partial charge in [0, 0.05) is 29.2 Å². The quantitative estimate of drug-likeness (QED) is 0.764. The molecule has 1 aliphatic rings. The Morgan fingerprint density at radius 1 is 1.28 bits per heavy atom. The number of benzene rings is 1. The van der Waals surface area contributed by atoms with Crippen LogP contribution in [0.3, 0.4) is 0 Å². The number of aromatic nitrogens is 1. The summed E-state index contributed by atoms with van der Waals surface area (Å²) in [6.45, 7) is 2.52. The van der Waals surface area contributed by atoms with Gasteiger partial charge in [-0.2, -0.15) is 0 Å². The summed E-state index contributed by atoms with van der Waals surface area (Å²) in [5.74, 6) is 0.796. The molecule has 3 rings (SSSR count). The van der Waals surface area contributed by atoms with Crippen molar-refractivity contribution in [2.75, 3.05) is 19.5 Å². The first kappa shape index (κ1) is 17.8. The average molecular weight is 356 g/mol. The summed E-state index contributed by atoms with van der Waals surface area (Å²) >= 11 is 1.71. The molecule has 5 heteroatoms. The van der Waals surface area contributed by atoms with Gasteiger partial charge in [-0.3, -0.25) is 0 Å². The van der Waals surface area contributed by atoms with Crippen molar-refractivity contribution in [2.24, 2.45) is 0 Å². The third-order valence-electron chi connectivity index (χ3n) is 3.97. The Kier molecular flexibility index (Phi) is 6.00. The summed E-state index contributed by atoms with van der Waals surface area (Å²) < 4.78 is 11.3. The molecule has 0 spiro atoms. The Hall–Kier alpha value is -1.98. The van der Waals surface area contributed by atoms with Gasteiger partial charge in [0.05, 0.1) is 17.8 Å². The number of anilines is 1. The summed E-state index contributed by atoms with van der Waals surface area (Å²) in [7, 11) is 1.68. The van der Waals surface area contributed by atoms with Gasteiger partial charge in [0.25, 0.3) is 0 Å². The Morgan fingerprint density at radius 3 is 3.00 bits per heavy atom. The molecule has 0 saturated heterocycles. The number of allylic oxidation sites excluding steroid dienone is 2. The van der Waals surface area contributed by atoms with E-state index in [0.717, 1.165) is 35.2 Å². The van der Waals surface area contributed by atoms with E-state index in [2.05, 4.69) is 17.6 Å². The molecule has 0 fully saturated rings. The number of nitrogen functional groups attached to an aromatic ring is 1. The van der Waals surface area contributed by atoms with Crippen LogP contribution in [0.2, 0.25) is 0 Å². The number of pyridine rings is 1. The number of thioether (sulfide) groups is 1. The smallest absolute Gasteiger partial charge is 0.131 e. The largest absolute Gasteiger partial charge is 0.488 e. The van der Waals surface area contributed by atoms with Crippen LogP contribution in [-0.4, -0.2) is 24.8 Å². The fourth-order valence-electron chi connectivity index (χ4n) is 2.79. The summed E-state index contributed by atoms with van der Waals surface area (Å²) in [6, 6.07) is 7.76. The van der Waals surface area contributed by atoms with E-state index in [1.54, 1.807) is 18.9 Å².